The molecule has 1 aromatic rings. The summed E-state index contributed by atoms with van der Waals surface area (Å²) in [5.41, 5.74) is 11.9. The predicted octanol–water partition coefficient (Wildman–Crippen LogP) is 1.03. The molecule has 0 unspecified atom stereocenters. The maximum atomic E-state index is 11.0. The number of hydrogen-bond acceptors (Lipinski definition) is 5. The van der Waals surface area contributed by atoms with Gasteiger partial charge in [0.25, 0.3) is 5.91 Å². The summed E-state index contributed by atoms with van der Waals surface area (Å²) >= 11 is 1.60. The Kier molecular flexibility index (Phi) is 3.86. The van der Waals surface area contributed by atoms with Crippen LogP contribution in [-0.2, 0) is 4.74 Å². The van der Waals surface area contributed by atoms with E-state index in [1.54, 1.807) is 23.9 Å². The summed E-state index contributed by atoms with van der Waals surface area (Å²) in [4.78, 5) is 15.2. The highest BCUT2D eigenvalue weighted by Crippen LogP contribution is 2.31. The number of carbonyl (C=O) groups is 1. The van der Waals surface area contributed by atoms with Crippen LogP contribution in [0.3, 0.4) is 0 Å². The minimum atomic E-state index is -0.529. The summed E-state index contributed by atoms with van der Waals surface area (Å²) in [7, 11) is 0. The first kappa shape index (κ1) is 12.2. The summed E-state index contributed by atoms with van der Waals surface area (Å²) in [6.07, 6.45) is 1.96. The quantitative estimate of drug-likeness (QED) is 0.839. The molecule has 92 valence electrons. The topological polar surface area (TPSA) is 91.2 Å². The number of anilines is 1. The Hall–Kier alpha value is -1.27. The van der Waals surface area contributed by atoms with Crippen molar-refractivity contribution in [2.75, 3.05) is 18.9 Å². The van der Waals surface area contributed by atoms with Crippen molar-refractivity contribution in [3.8, 4) is 0 Å². The van der Waals surface area contributed by atoms with Crippen LogP contribution < -0.4 is 11.5 Å². The fourth-order valence-electron chi connectivity index (χ4n) is 1.63. The Morgan fingerprint density at radius 1 is 1.41 bits per heavy atom. The summed E-state index contributed by atoms with van der Waals surface area (Å²) in [6, 6.07) is 3.22. The first-order valence-electron chi connectivity index (χ1n) is 5.47. The molecule has 2 heterocycles. The van der Waals surface area contributed by atoms with Crippen LogP contribution in [-0.4, -0.2) is 29.4 Å². The second-order valence-corrected chi connectivity index (χ2v) is 5.17. The number of nitrogens with two attached hydrogens (primary N) is 2. The molecule has 1 aliphatic heterocycles. The van der Waals surface area contributed by atoms with Crippen LogP contribution in [0.25, 0.3) is 0 Å². The van der Waals surface area contributed by atoms with Gasteiger partial charge in [-0.2, -0.15) is 0 Å². The van der Waals surface area contributed by atoms with Gasteiger partial charge in [0.1, 0.15) is 10.7 Å². The molecule has 1 aromatic heterocycles. The lowest BCUT2D eigenvalue weighted by Gasteiger charge is -2.21. The lowest BCUT2D eigenvalue weighted by molar-refractivity contribution is 0.0991. The molecule has 4 N–H and O–H groups in total. The third-order valence-corrected chi connectivity index (χ3v) is 3.94. The second kappa shape index (κ2) is 5.37. The zero-order valence-corrected chi connectivity index (χ0v) is 10.2. The lowest BCUT2D eigenvalue weighted by Crippen LogP contribution is -2.18. The maximum absolute atomic E-state index is 11.0. The van der Waals surface area contributed by atoms with E-state index in [1.807, 2.05) is 0 Å². The molecule has 1 fully saturated rings. The molecule has 0 radical (unpaired) electrons. The first-order chi connectivity index (χ1) is 8.16. The molecule has 17 heavy (non-hydrogen) atoms. The van der Waals surface area contributed by atoms with Gasteiger partial charge in [0.05, 0.1) is 5.69 Å². The molecule has 1 saturated heterocycles. The van der Waals surface area contributed by atoms with Crippen LogP contribution in [0.4, 0.5) is 5.69 Å². The van der Waals surface area contributed by atoms with Crippen LogP contribution in [0.1, 0.15) is 23.3 Å². The number of amides is 1. The summed E-state index contributed by atoms with van der Waals surface area (Å²) in [5.74, 6) is -0.529. The number of ether oxygens (including phenoxy) is 1. The lowest BCUT2D eigenvalue weighted by atomic mass is 10.2. The standard InChI is InChI=1S/C11H15N3O2S/c12-8-1-2-9(10(13)15)14-11(8)17-7-3-5-16-6-4-7/h1-2,7H,3-6,12H2,(H2,13,15). The molecule has 2 rings (SSSR count). The number of pyridine rings is 1. The minimum Gasteiger partial charge on any atom is -0.397 e. The molecule has 0 aromatic carbocycles. The number of primary amides is 1. The SMILES string of the molecule is NC(=O)c1ccc(N)c(SC2CCOCC2)n1. The van der Waals surface area contributed by atoms with E-state index < -0.39 is 5.91 Å². The van der Waals surface area contributed by atoms with Crippen LogP contribution in [0.15, 0.2) is 17.2 Å². The van der Waals surface area contributed by atoms with E-state index in [2.05, 4.69) is 4.98 Å². The van der Waals surface area contributed by atoms with E-state index in [0.717, 1.165) is 26.1 Å². The predicted molar refractivity (Wildman–Crippen MR) is 66.9 cm³/mol. The normalized spacial score (nSPS) is 16.9. The van der Waals surface area contributed by atoms with E-state index in [4.69, 9.17) is 16.2 Å². The van der Waals surface area contributed by atoms with Crippen molar-refractivity contribution < 1.29 is 9.53 Å². The Bertz CT molecular complexity index is 419. The van der Waals surface area contributed by atoms with Gasteiger partial charge in [-0.25, -0.2) is 4.98 Å². The number of carbonyl (C=O) groups excluding carboxylic acids is 1. The van der Waals surface area contributed by atoms with E-state index in [-0.39, 0.29) is 5.69 Å². The van der Waals surface area contributed by atoms with E-state index in [0.29, 0.717) is 16.0 Å². The van der Waals surface area contributed by atoms with E-state index in [9.17, 15) is 4.79 Å². The molecule has 6 heteroatoms. The molecule has 0 atom stereocenters. The van der Waals surface area contributed by atoms with Gasteiger partial charge in [-0.05, 0) is 25.0 Å². The number of aromatic nitrogens is 1. The third kappa shape index (κ3) is 3.10. The Morgan fingerprint density at radius 3 is 2.76 bits per heavy atom. The molecule has 0 saturated carbocycles. The molecule has 5 nitrogen and oxygen atoms in total. The average Bonchev–Trinajstić information content (AvgIpc) is 2.33. The summed E-state index contributed by atoms with van der Waals surface area (Å²) < 4.78 is 5.29. The monoisotopic (exact) mass is 253 g/mol. The van der Waals surface area contributed by atoms with Crippen LogP contribution in [0, 0.1) is 0 Å². The second-order valence-electron chi connectivity index (χ2n) is 3.88. The largest absolute Gasteiger partial charge is 0.397 e. The molecule has 0 bridgehead atoms. The van der Waals surface area contributed by atoms with Gasteiger partial charge >= 0.3 is 0 Å². The number of nitrogens with zero attached hydrogens (tertiary/aromatic N) is 1. The fourth-order valence-corrected chi connectivity index (χ4v) is 2.73. The zero-order chi connectivity index (χ0) is 12.3. The van der Waals surface area contributed by atoms with Gasteiger partial charge in [-0.3, -0.25) is 4.79 Å². The highest BCUT2D eigenvalue weighted by molar-refractivity contribution is 8.00. The van der Waals surface area contributed by atoms with E-state index in [1.165, 1.54) is 0 Å². The third-order valence-electron chi connectivity index (χ3n) is 2.59. The van der Waals surface area contributed by atoms with Crippen molar-refractivity contribution >= 4 is 23.4 Å². The summed E-state index contributed by atoms with van der Waals surface area (Å²) in [6.45, 7) is 1.54. The molecular weight excluding hydrogens is 238 g/mol. The molecular formula is C11H15N3O2S. The minimum absolute atomic E-state index is 0.258. The van der Waals surface area contributed by atoms with Crippen molar-refractivity contribution in [1.82, 2.24) is 4.98 Å². The van der Waals surface area contributed by atoms with Crippen LogP contribution in [0.2, 0.25) is 0 Å². The van der Waals surface area contributed by atoms with Crippen molar-refractivity contribution in [2.45, 2.75) is 23.1 Å². The van der Waals surface area contributed by atoms with Gasteiger partial charge in [0, 0.05) is 18.5 Å². The van der Waals surface area contributed by atoms with Crippen molar-refractivity contribution in [1.29, 1.82) is 0 Å². The van der Waals surface area contributed by atoms with Crippen molar-refractivity contribution in [2.24, 2.45) is 5.73 Å². The number of thioether (sulfide) groups is 1. The Balaban J connectivity index is 2.13. The zero-order valence-electron chi connectivity index (χ0n) is 9.39. The van der Waals surface area contributed by atoms with Crippen LogP contribution >= 0.6 is 11.8 Å². The van der Waals surface area contributed by atoms with Crippen molar-refractivity contribution in [3.05, 3.63) is 17.8 Å². The Morgan fingerprint density at radius 2 is 2.12 bits per heavy atom. The van der Waals surface area contributed by atoms with Gasteiger partial charge in [0.2, 0.25) is 0 Å². The van der Waals surface area contributed by atoms with Gasteiger partial charge in [0.15, 0.2) is 0 Å². The van der Waals surface area contributed by atoms with Gasteiger partial charge in [-0.15, -0.1) is 11.8 Å². The molecule has 1 amide bonds. The maximum Gasteiger partial charge on any atom is 0.267 e. The van der Waals surface area contributed by atoms with Gasteiger partial charge < -0.3 is 16.2 Å². The van der Waals surface area contributed by atoms with Crippen LogP contribution in [0.5, 0.6) is 0 Å². The molecule has 0 spiro atoms. The molecule has 1 aliphatic rings. The van der Waals surface area contributed by atoms with E-state index >= 15 is 0 Å². The highest BCUT2D eigenvalue weighted by Gasteiger charge is 2.17. The van der Waals surface area contributed by atoms with Gasteiger partial charge in [-0.1, -0.05) is 0 Å². The first-order valence-corrected chi connectivity index (χ1v) is 6.35. The number of nitrogen functional groups attached to an aromatic ring is 1. The fraction of sp³-hybridized carbons (Fsp3) is 0.455. The number of hydrogen-bond donors (Lipinski definition) is 2. The molecule has 0 aliphatic carbocycles. The number of rotatable bonds is 3. The summed E-state index contributed by atoms with van der Waals surface area (Å²) in [5, 5.41) is 1.13. The van der Waals surface area contributed by atoms with Crippen molar-refractivity contribution in [3.63, 3.8) is 0 Å². The smallest absolute Gasteiger partial charge is 0.267 e. The highest BCUT2D eigenvalue weighted by atomic mass is 32.2. The average molecular weight is 253 g/mol. The Labute approximate surface area is 104 Å².